The zero-order valence-electron chi connectivity index (χ0n) is 16.3. The Morgan fingerprint density at radius 3 is 2.50 bits per heavy atom. The molecule has 150 valence electrons. The third-order valence-corrected chi connectivity index (χ3v) is 6.53. The predicted octanol–water partition coefficient (Wildman–Crippen LogP) is 5.58. The quantitative estimate of drug-likeness (QED) is 0.423. The molecular weight excluding hydrogens is 414 g/mol. The Balaban J connectivity index is 1.43. The van der Waals surface area contributed by atoms with Crippen molar-refractivity contribution in [3.63, 3.8) is 0 Å². The summed E-state index contributed by atoms with van der Waals surface area (Å²) in [6.07, 6.45) is 0. The van der Waals surface area contributed by atoms with Crippen molar-refractivity contribution in [2.45, 2.75) is 0 Å². The maximum absolute atomic E-state index is 13.5. The number of fused-ring (bicyclic) bond motifs is 1. The van der Waals surface area contributed by atoms with Crippen LogP contribution in [0.15, 0.2) is 71.4 Å². The Bertz CT molecular complexity index is 1200. The molecule has 0 saturated carbocycles. The number of pyridine rings is 1. The van der Waals surface area contributed by atoms with E-state index in [2.05, 4.69) is 10.3 Å². The van der Waals surface area contributed by atoms with E-state index in [-0.39, 0.29) is 5.91 Å². The van der Waals surface area contributed by atoms with E-state index in [4.69, 9.17) is 16.6 Å². The molecular formula is C24H20ClN3OS. The molecule has 0 spiro atoms. The lowest BCUT2D eigenvalue weighted by atomic mass is 10.0. The first kappa shape index (κ1) is 19.1. The molecule has 0 aliphatic carbocycles. The number of hydrogen-bond donors (Lipinski definition) is 0. The SMILES string of the molecule is O=C(c1cc(-c2ccsc2)nc2ccccc12)N1CCN(c2ccccc2Cl)CC1. The van der Waals surface area contributed by atoms with E-state index in [1.165, 1.54) is 0 Å². The van der Waals surface area contributed by atoms with Gasteiger partial charge in [0, 0.05) is 42.5 Å². The van der Waals surface area contributed by atoms with Crippen molar-refractivity contribution in [3.8, 4) is 11.3 Å². The molecule has 0 unspecified atom stereocenters. The molecule has 1 amide bonds. The van der Waals surface area contributed by atoms with Gasteiger partial charge in [-0.25, -0.2) is 4.98 Å². The van der Waals surface area contributed by atoms with Crippen LogP contribution < -0.4 is 4.90 Å². The molecule has 4 nitrogen and oxygen atoms in total. The molecule has 30 heavy (non-hydrogen) atoms. The van der Waals surface area contributed by atoms with Gasteiger partial charge in [0.05, 0.1) is 27.5 Å². The van der Waals surface area contributed by atoms with E-state index in [1.54, 1.807) is 11.3 Å². The minimum absolute atomic E-state index is 0.0592. The number of nitrogens with zero attached hydrogens (tertiary/aromatic N) is 3. The van der Waals surface area contributed by atoms with E-state index in [9.17, 15) is 4.79 Å². The molecule has 6 heteroatoms. The van der Waals surface area contributed by atoms with Gasteiger partial charge in [-0.1, -0.05) is 41.9 Å². The number of halogens is 1. The smallest absolute Gasteiger partial charge is 0.254 e. The molecule has 0 N–H and O–H groups in total. The Kier molecular flexibility index (Phi) is 5.15. The zero-order valence-corrected chi connectivity index (χ0v) is 17.9. The average molecular weight is 434 g/mol. The first-order valence-corrected chi connectivity index (χ1v) is 11.2. The third-order valence-electron chi connectivity index (χ3n) is 5.52. The minimum atomic E-state index is 0.0592. The van der Waals surface area contributed by atoms with Gasteiger partial charge >= 0.3 is 0 Å². The first-order chi connectivity index (χ1) is 14.7. The fourth-order valence-corrected chi connectivity index (χ4v) is 4.84. The van der Waals surface area contributed by atoms with Crippen LogP contribution in [0, 0.1) is 0 Å². The predicted molar refractivity (Wildman–Crippen MR) is 125 cm³/mol. The second kappa shape index (κ2) is 8.09. The molecule has 3 heterocycles. The summed E-state index contributed by atoms with van der Waals surface area (Å²) in [7, 11) is 0. The monoisotopic (exact) mass is 433 g/mol. The van der Waals surface area contributed by atoms with Crippen molar-refractivity contribution in [1.29, 1.82) is 0 Å². The number of aromatic nitrogens is 1. The van der Waals surface area contributed by atoms with Gasteiger partial charge in [-0.15, -0.1) is 0 Å². The Morgan fingerprint density at radius 1 is 0.967 bits per heavy atom. The third kappa shape index (κ3) is 3.55. The summed E-state index contributed by atoms with van der Waals surface area (Å²) >= 11 is 7.99. The van der Waals surface area contributed by atoms with Crippen LogP contribution in [-0.2, 0) is 0 Å². The molecule has 5 rings (SSSR count). The van der Waals surface area contributed by atoms with Crippen molar-refractivity contribution in [2.24, 2.45) is 0 Å². The summed E-state index contributed by atoms with van der Waals surface area (Å²) < 4.78 is 0. The van der Waals surface area contributed by atoms with Crippen LogP contribution in [0.1, 0.15) is 10.4 Å². The van der Waals surface area contributed by atoms with E-state index >= 15 is 0 Å². The lowest BCUT2D eigenvalue weighted by Gasteiger charge is -2.36. The highest BCUT2D eigenvalue weighted by atomic mass is 35.5. The second-order valence-corrected chi connectivity index (χ2v) is 8.50. The van der Waals surface area contributed by atoms with Gasteiger partial charge in [-0.3, -0.25) is 4.79 Å². The van der Waals surface area contributed by atoms with Crippen LogP contribution >= 0.6 is 22.9 Å². The van der Waals surface area contributed by atoms with Gasteiger partial charge in [0.15, 0.2) is 0 Å². The molecule has 4 aromatic rings. The molecule has 1 saturated heterocycles. The highest BCUT2D eigenvalue weighted by Gasteiger charge is 2.25. The molecule has 2 aromatic carbocycles. The number of piperazine rings is 1. The summed E-state index contributed by atoms with van der Waals surface area (Å²) in [4.78, 5) is 22.5. The Labute approximate surface area is 184 Å². The van der Waals surface area contributed by atoms with E-state index < -0.39 is 0 Å². The number of amides is 1. The van der Waals surface area contributed by atoms with Crippen LogP contribution in [0.4, 0.5) is 5.69 Å². The summed E-state index contributed by atoms with van der Waals surface area (Å²) in [6, 6.07) is 19.7. The highest BCUT2D eigenvalue weighted by Crippen LogP contribution is 2.29. The van der Waals surface area contributed by atoms with Gasteiger partial charge in [0.1, 0.15) is 0 Å². The highest BCUT2D eigenvalue weighted by molar-refractivity contribution is 7.08. The number of hydrogen-bond acceptors (Lipinski definition) is 4. The number of benzene rings is 2. The van der Waals surface area contributed by atoms with Gasteiger partial charge in [0.25, 0.3) is 5.91 Å². The summed E-state index contributed by atoms with van der Waals surface area (Å²) in [6.45, 7) is 2.84. The Hall–Kier alpha value is -2.89. The number of para-hydroxylation sites is 2. The van der Waals surface area contributed by atoms with E-state index in [0.29, 0.717) is 18.7 Å². The van der Waals surface area contributed by atoms with Crippen LogP contribution in [0.25, 0.3) is 22.2 Å². The van der Waals surface area contributed by atoms with Gasteiger partial charge in [-0.2, -0.15) is 11.3 Å². The standard InChI is InChI=1S/C24H20ClN3OS/c25-20-6-2-4-8-23(20)27-10-12-28(13-11-27)24(29)19-15-22(17-9-14-30-16-17)26-21-7-3-1-5-18(19)21/h1-9,14-16H,10-13H2. The number of carbonyl (C=O) groups is 1. The lowest BCUT2D eigenvalue weighted by molar-refractivity contribution is 0.0749. The number of carbonyl (C=O) groups excluding carboxylic acids is 1. The molecule has 1 aliphatic heterocycles. The summed E-state index contributed by atoms with van der Waals surface area (Å²) in [5.41, 5.74) is 4.48. The molecule has 0 atom stereocenters. The van der Waals surface area contributed by atoms with Crippen molar-refractivity contribution in [3.05, 3.63) is 82.0 Å². The molecule has 2 aromatic heterocycles. The van der Waals surface area contributed by atoms with Crippen LogP contribution in [0.3, 0.4) is 0 Å². The fraction of sp³-hybridized carbons (Fsp3) is 0.167. The fourth-order valence-electron chi connectivity index (χ4n) is 3.94. The van der Waals surface area contributed by atoms with Crippen molar-refractivity contribution in [2.75, 3.05) is 31.1 Å². The maximum atomic E-state index is 13.5. The molecule has 1 aliphatic rings. The largest absolute Gasteiger partial charge is 0.367 e. The summed E-state index contributed by atoms with van der Waals surface area (Å²) in [5, 5.41) is 5.74. The van der Waals surface area contributed by atoms with Crippen molar-refractivity contribution >= 4 is 45.4 Å². The topological polar surface area (TPSA) is 36.4 Å². The van der Waals surface area contributed by atoms with Crippen LogP contribution in [-0.4, -0.2) is 42.0 Å². The van der Waals surface area contributed by atoms with Gasteiger partial charge in [0.2, 0.25) is 0 Å². The maximum Gasteiger partial charge on any atom is 0.254 e. The average Bonchev–Trinajstić information content (AvgIpc) is 3.33. The zero-order chi connectivity index (χ0) is 20.5. The second-order valence-electron chi connectivity index (χ2n) is 7.31. The van der Waals surface area contributed by atoms with Crippen molar-refractivity contribution < 1.29 is 4.79 Å². The minimum Gasteiger partial charge on any atom is -0.367 e. The number of anilines is 1. The van der Waals surface area contributed by atoms with E-state index in [1.807, 2.05) is 70.9 Å². The number of rotatable bonds is 3. The molecule has 1 fully saturated rings. The lowest BCUT2D eigenvalue weighted by Crippen LogP contribution is -2.49. The van der Waals surface area contributed by atoms with Crippen molar-refractivity contribution in [1.82, 2.24) is 9.88 Å². The van der Waals surface area contributed by atoms with Crippen LogP contribution in [0.2, 0.25) is 5.02 Å². The molecule has 0 bridgehead atoms. The first-order valence-electron chi connectivity index (χ1n) is 9.92. The van der Waals surface area contributed by atoms with E-state index in [0.717, 1.165) is 46.0 Å². The normalized spacial score (nSPS) is 14.3. The van der Waals surface area contributed by atoms with Gasteiger partial charge < -0.3 is 9.80 Å². The van der Waals surface area contributed by atoms with Crippen LogP contribution in [0.5, 0.6) is 0 Å². The van der Waals surface area contributed by atoms with Gasteiger partial charge in [-0.05, 0) is 35.7 Å². The number of thiophene rings is 1. The summed E-state index contributed by atoms with van der Waals surface area (Å²) in [5.74, 6) is 0.0592. The molecule has 0 radical (unpaired) electrons. The Morgan fingerprint density at radius 2 is 1.73 bits per heavy atom.